The Morgan fingerprint density at radius 1 is 0.935 bits per heavy atom. The summed E-state index contributed by atoms with van der Waals surface area (Å²) in [5, 5.41) is 5.16. The lowest BCUT2D eigenvalue weighted by atomic mass is 9.97. The van der Waals surface area contributed by atoms with Gasteiger partial charge in [0.1, 0.15) is 11.4 Å². The summed E-state index contributed by atoms with van der Waals surface area (Å²) >= 11 is 6.42. The molecule has 0 saturated carbocycles. The SMILES string of the molecule is COc1cc(-c2c(-c3ccncc3)nn3c4c(cnc23)CC2C(S(=O)(=O)c3ccccc3)CC4N2Cc2ccccc2)ccc1Cl. The number of aromatic nitrogens is 4. The normalized spacial score (nSPS) is 19.3. The Bertz CT molecular complexity index is 2180. The predicted octanol–water partition coefficient (Wildman–Crippen LogP) is 6.83. The van der Waals surface area contributed by atoms with Crippen LogP contribution in [0.5, 0.6) is 5.75 Å². The van der Waals surface area contributed by atoms with Gasteiger partial charge in [0.15, 0.2) is 15.5 Å². The van der Waals surface area contributed by atoms with Crippen LogP contribution in [0.1, 0.15) is 29.3 Å². The molecule has 2 aliphatic heterocycles. The second-order valence-corrected chi connectivity index (χ2v) is 14.4. The minimum absolute atomic E-state index is 0.194. The lowest BCUT2D eigenvalue weighted by Gasteiger charge is -2.37. The summed E-state index contributed by atoms with van der Waals surface area (Å²) < 4.78 is 35.9. The Morgan fingerprint density at radius 3 is 2.41 bits per heavy atom. The standard InChI is InChI=1S/C36H30ClN5O3S/c1-45-31-19-25(12-13-28(31)37)33-34(24-14-16-38-17-15-24)40-42-35-26(21-39-36(33)42)18-29-32(46(43,44)27-10-6-3-7-11-27)20-30(35)41(29)22-23-8-4-2-5-9-23/h2-17,19,21,29-30,32H,18,20,22H2,1H3. The zero-order valence-corrected chi connectivity index (χ0v) is 26.6. The number of nitrogens with zero attached hydrogens (tertiary/aromatic N) is 5. The van der Waals surface area contributed by atoms with Crippen molar-refractivity contribution < 1.29 is 13.2 Å². The summed E-state index contributed by atoms with van der Waals surface area (Å²) in [6, 6.07) is 28.2. The number of benzene rings is 3. The molecule has 5 heterocycles. The summed E-state index contributed by atoms with van der Waals surface area (Å²) in [7, 11) is -2.02. The molecule has 2 aliphatic rings. The van der Waals surface area contributed by atoms with Gasteiger partial charge in [0.05, 0.1) is 39.6 Å². The fourth-order valence-corrected chi connectivity index (χ4v) is 9.37. The largest absolute Gasteiger partial charge is 0.495 e. The van der Waals surface area contributed by atoms with Gasteiger partial charge >= 0.3 is 0 Å². The number of pyridine rings is 1. The van der Waals surface area contributed by atoms with E-state index in [9.17, 15) is 8.42 Å². The van der Waals surface area contributed by atoms with Crippen LogP contribution in [0, 0.1) is 0 Å². The molecule has 1 saturated heterocycles. The van der Waals surface area contributed by atoms with Crippen molar-refractivity contribution in [3.63, 3.8) is 0 Å². The molecule has 0 radical (unpaired) electrons. The number of hydrogen-bond donors (Lipinski definition) is 0. The van der Waals surface area contributed by atoms with E-state index in [0.717, 1.165) is 39.2 Å². The van der Waals surface area contributed by atoms with E-state index in [-0.39, 0.29) is 12.1 Å². The number of methoxy groups -OCH3 is 1. The molecular formula is C36H30ClN5O3S. The van der Waals surface area contributed by atoms with Gasteiger partial charge < -0.3 is 4.74 Å². The van der Waals surface area contributed by atoms with E-state index in [4.69, 9.17) is 26.4 Å². The Hall–Kier alpha value is -4.57. The van der Waals surface area contributed by atoms with Crippen LogP contribution in [-0.4, -0.2) is 51.3 Å². The van der Waals surface area contributed by atoms with Crippen molar-refractivity contribution in [2.45, 2.75) is 41.6 Å². The topological polar surface area (TPSA) is 89.7 Å². The maximum Gasteiger partial charge on any atom is 0.182 e. The van der Waals surface area contributed by atoms with Crippen molar-refractivity contribution in [1.29, 1.82) is 0 Å². The average Bonchev–Trinajstić information content (AvgIpc) is 3.59. The molecular weight excluding hydrogens is 618 g/mol. The molecule has 0 aliphatic carbocycles. The van der Waals surface area contributed by atoms with Crippen LogP contribution in [0.15, 0.2) is 114 Å². The summed E-state index contributed by atoms with van der Waals surface area (Å²) in [5.41, 5.74) is 7.15. The molecule has 46 heavy (non-hydrogen) atoms. The smallest absolute Gasteiger partial charge is 0.182 e. The number of rotatable bonds is 7. The summed E-state index contributed by atoms with van der Waals surface area (Å²) in [6.45, 7) is 0.625. The van der Waals surface area contributed by atoms with Crippen LogP contribution in [0.3, 0.4) is 0 Å². The van der Waals surface area contributed by atoms with E-state index in [0.29, 0.717) is 40.7 Å². The first-order valence-electron chi connectivity index (χ1n) is 15.2. The van der Waals surface area contributed by atoms with Crippen LogP contribution >= 0.6 is 11.6 Å². The fourth-order valence-electron chi connectivity index (χ4n) is 7.18. The molecule has 6 aromatic rings. The molecule has 2 bridgehead atoms. The minimum atomic E-state index is -3.61. The molecule has 8 rings (SSSR count). The van der Waals surface area contributed by atoms with E-state index < -0.39 is 15.1 Å². The zero-order chi connectivity index (χ0) is 31.4. The lowest BCUT2D eigenvalue weighted by molar-refractivity contribution is 0.163. The van der Waals surface area contributed by atoms with E-state index in [2.05, 4.69) is 22.0 Å². The van der Waals surface area contributed by atoms with E-state index in [1.54, 1.807) is 43.8 Å². The van der Waals surface area contributed by atoms with Crippen molar-refractivity contribution in [1.82, 2.24) is 24.5 Å². The highest BCUT2D eigenvalue weighted by Crippen LogP contribution is 2.49. The third-order valence-corrected chi connectivity index (χ3v) is 11.8. The van der Waals surface area contributed by atoms with E-state index in [1.807, 2.05) is 65.3 Å². The maximum absolute atomic E-state index is 14.2. The van der Waals surface area contributed by atoms with Gasteiger partial charge in [0, 0.05) is 36.7 Å². The first-order valence-corrected chi connectivity index (χ1v) is 17.1. The second-order valence-electron chi connectivity index (χ2n) is 11.8. The summed E-state index contributed by atoms with van der Waals surface area (Å²) in [6.07, 6.45) is 6.41. The Kier molecular flexibility index (Phi) is 7.12. The number of sulfone groups is 1. The minimum Gasteiger partial charge on any atom is -0.495 e. The van der Waals surface area contributed by atoms with Gasteiger partial charge in [-0.1, -0.05) is 66.2 Å². The predicted molar refractivity (Wildman–Crippen MR) is 177 cm³/mol. The van der Waals surface area contributed by atoms with E-state index >= 15 is 0 Å². The average molecular weight is 648 g/mol. The van der Waals surface area contributed by atoms with Crippen LogP contribution in [-0.2, 0) is 22.8 Å². The molecule has 3 unspecified atom stereocenters. The Morgan fingerprint density at radius 2 is 1.67 bits per heavy atom. The Balaban J connectivity index is 1.33. The Labute approximate surface area is 272 Å². The lowest BCUT2D eigenvalue weighted by Crippen LogP contribution is -2.43. The molecule has 3 atom stereocenters. The molecule has 8 nitrogen and oxygen atoms in total. The molecule has 1 fully saturated rings. The maximum atomic E-state index is 14.2. The van der Waals surface area contributed by atoms with Gasteiger partial charge in [-0.15, -0.1) is 0 Å². The summed E-state index contributed by atoms with van der Waals surface area (Å²) in [5.74, 6) is 0.554. The van der Waals surface area contributed by atoms with Gasteiger partial charge in [-0.2, -0.15) is 5.10 Å². The van der Waals surface area contributed by atoms with Gasteiger partial charge in [-0.25, -0.2) is 17.9 Å². The van der Waals surface area contributed by atoms with Crippen molar-refractivity contribution in [2.24, 2.45) is 0 Å². The molecule has 3 aromatic heterocycles. The van der Waals surface area contributed by atoms with Gasteiger partial charge in [-0.05, 0) is 65.9 Å². The van der Waals surface area contributed by atoms with Crippen LogP contribution in [0.4, 0.5) is 0 Å². The van der Waals surface area contributed by atoms with Gasteiger partial charge in [0.2, 0.25) is 0 Å². The number of fused-ring (bicyclic) bond motifs is 6. The molecule has 0 amide bonds. The monoisotopic (exact) mass is 647 g/mol. The van der Waals surface area contributed by atoms with Crippen molar-refractivity contribution in [3.8, 4) is 28.1 Å². The molecule has 0 N–H and O–H groups in total. The zero-order valence-electron chi connectivity index (χ0n) is 25.0. The highest BCUT2D eigenvalue weighted by atomic mass is 35.5. The van der Waals surface area contributed by atoms with Gasteiger partial charge in [-0.3, -0.25) is 9.88 Å². The first kappa shape index (κ1) is 28.9. The molecule has 230 valence electrons. The number of ether oxygens (including phenoxy) is 1. The van der Waals surface area contributed by atoms with Crippen LogP contribution in [0.2, 0.25) is 5.02 Å². The van der Waals surface area contributed by atoms with Crippen LogP contribution in [0.25, 0.3) is 28.0 Å². The first-order chi connectivity index (χ1) is 22.4. The third kappa shape index (κ3) is 4.69. The fraction of sp³-hybridized carbons (Fsp3) is 0.194. The van der Waals surface area contributed by atoms with Crippen molar-refractivity contribution in [3.05, 3.63) is 131 Å². The quantitative estimate of drug-likeness (QED) is 0.188. The van der Waals surface area contributed by atoms with E-state index in [1.165, 1.54) is 0 Å². The highest BCUT2D eigenvalue weighted by Gasteiger charge is 2.52. The van der Waals surface area contributed by atoms with Crippen LogP contribution < -0.4 is 4.74 Å². The highest BCUT2D eigenvalue weighted by molar-refractivity contribution is 7.92. The molecule has 10 heteroatoms. The number of halogens is 1. The van der Waals surface area contributed by atoms with Crippen molar-refractivity contribution in [2.75, 3.05) is 7.11 Å². The number of hydrogen-bond acceptors (Lipinski definition) is 7. The molecule has 3 aromatic carbocycles. The van der Waals surface area contributed by atoms with Gasteiger partial charge in [0.25, 0.3) is 0 Å². The molecule has 0 spiro atoms. The summed E-state index contributed by atoms with van der Waals surface area (Å²) in [4.78, 5) is 11.9. The van der Waals surface area contributed by atoms with Crippen molar-refractivity contribution >= 4 is 27.1 Å². The third-order valence-electron chi connectivity index (χ3n) is 9.29. The second kappa shape index (κ2) is 11.3.